The normalized spacial score (nSPS) is 12.7. The van der Waals surface area contributed by atoms with E-state index in [2.05, 4.69) is 65.8 Å². The molecule has 112 valence electrons. The minimum absolute atomic E-state index is 0.0585. The van der Waals surface area contributed by atoms with E-state index in [9.17, 15) is 4.79 Å². The molecule has 1 heteroatoms. The van der Waals surface area contributed by atoms with Gasteiger partial charge in [0.15, 0.2) is 5.78 Å². The molecule has 0 fully saturated rings. The number of fused-ring (bicyclic) bond motifs is 1. The summed E-state index contributed by atoms with van der Waals surface area (Å²) in [5.74, 6) is 0.142. The molecule has 2 aromatic rings. The second-order valence-electron chi connectivity index (χ2n) is 7.98. The average molecular weight is 282 g/mol. The number of rotatable bonds is 1. The molecule has 0 aliphatic rings. The van der Waals surface area contributed by atoms with Crippen LogP contribution in [0.3, 0.4) is 0 Å². The molecule has 0 heterocycles. The van der Waals surface area contributed by atoms with Crippen molar-refractivity contribution >= 4 is 16.6 Å². The quantitative estimate of drug-likeness (QED) is 0.619. The third-order valence-corrected chi connectivity index (χ3v) is 4.02. The Morgan fingerprint density at radius 2 is 1.43 bits per heavy atom. The van der Waals surface area contributed by atoms with E-state index in [0.717, 1.165) is 5.56 Å². The van der Waals surface area contributed by atoms with Gasteiger partial charge in [0.2, 0.25) is 0 Å². The Bertz CT molecular complexity index is 694. The molecule has 0 N–H and O–H groups in total. The molecular weight excluding hydrogens is 256 g/mol. The van der Waals surface area contributed by atoms with Gasteiger partial charge in [-0.1, -0.05) is 71.9 Å². The smallest absolute Gasteiger partial charge is 0.160 e. The highest BCUT2D eigenvalue weighted by Crippen LogP contribution is 2.36. The first-order valence-electron chi connectivity index (χ1n) is 7.60. The summed E-state index contributed by atoms with van der Waals surface area (Å²) in [5, 5.41) is 2.42. The van der Waals surface area contributed by atoms with Gasteiger partial charge in [0.1, 0.15) is 0 Å². The lowest BCUT2D eigenvalue weighted by Gasteiger charge is -2.26. The number of Topliss-reactive ketones (excluding diaryl/α,β-unsaturated/α-hetero) is 1. The summed E-state index contributed by atoms with van der Waals surface area (Å²) < 4.78 is 0. The molecule has 0 radical (unpaired) electrons. The molecule has 0 atom stereocenters. The Balaban J connectivity index is 2.90. The van der Waals surface area contributed by atoms with Crippen LogP contribution in [-0.4, -0.2) is 5.78 Å². The highest BCUT2D eigenvalue weighted by atomic mass is 16.1. The molecule has 0 amide bonds. The molecule has 0 spiro atoms. The van der Waals surface area contributed by atoms with Crippen molar-refractivity contribution in [3.8, 4) is 0 Å². The molecule has 0 aromatic heterocycles. The van der Waals surface area contributed by atoms with E-state index >= 15 is 0 Å². The largest absolute Gasteiger partial charge is 0.295 e. The molecule has 1 nitrogen and oxygen atoms in total. The predicted molar refractivity (Wildman–Crippen MR) is 91.4 cm³/mol. The van der Waals surface area contributed by atoms with Crippen LogP contribution in [0.5, 0.6) is 0 Å². The Morgan fingerprint density at radius 1 is 0.857 bits per heavy atom. The predicted octanol–water partition coefficient (Wildman–Crippen LogP) is 5.64. The van der Waals surface area contributed by atoms with Crippen LogP contribution in [0.1, 0.15) is 70.0 Å². The van der Waals surface area contributed by atoms with Crippen molar-refractivity contribution in [2.45, 2.75) is 59.3 Å². The molecule has 0 aliphatic carbocycles. The molecule has 0 saturated heterocycles. The van der Waals surface area contributed by atoms with Gasteiger partial charge in [-0.15, -0.1) is 0 Å². The molecular formula is C20H26O. The zero-order valence-electron chi connectivity index (χ0n) is 14.3. The maximum absolute atomic E-state index is 12.0. The molecule has 0 bridgehead atoms. The second kappa shape index (κ2) is 4.98. The monoisotopic (exact) mass is 282 g/mol. The second-order valence-corrected chi connectivity index (χ2v) is 7.98. The van der Waals surface area contributed by atoms with E-state index in [1.807, 2.05) is 6.07 Å². The zero-order valence-corrected chi connectivity index (χ0v) is 14.3. The van der Waals surface area contributed by atoms with E-state index in [1.54, 1.807) is 6.92 Å². The van der Waals surface area contributed by atoms with E-state index in [0.29, 0.717) is 0 Å². The van der Waals surface area contributed by atoms with Crippen LogP contribution in [0.2, 0.25) is 0 Å². The SMILES string of the molecule is CC(=O)c1ccc2ccc(C(C)(C)C)cc2c1C(C)(C)C. The van der Waals surface area contributed by atoms with Crippen molar-refractivity contribution < 1.29 is 4.79 Å². The van der Waals surface area contributed by atoms with Crippen molar-refractivity contribution in [2.24, 2.45) is 0 Å². The topological polar surface area (TPSA) is 17.1 Å². The first-order valence-corrected chi connectivity index (χ1v) is 7.60. The van der Waals surface area contributed by atoms with Crippen molar-refractivity contribution in [2.75, 3.05) is 0 Å². The fourth-order valence-corrected chi connectivity index (χ4v) is 2.89. The van der Waals surface area contributed by atoms with E-state index < -0.39 is 0 Å². The van der Waals surface area contributed by atoms with Crippen LogP contribution in [0.25, 0.3) is 10.8 Å². The summed E-state index contributed by atoms with van der Waals surface area (Å²) in [6, 6.07) is 10.7. The Morgan fingerprint density at radius 3 is 1.90 bits per heavy atom. The van der Waals surface area contributed by atoms with E-state index in [1.165, 1.54) is 21.9 Å². The van der Waals surface area contributed by atoms with Crippen LogP contribution < -0.4 is 0 Å². The van der Waals surface area contributed by atoms with Crippen LogP contribution in [0.4, 0.5) is 0 Å². The number of hydrogen-bond donors (Lipinski definition) is 0. The van der Waals surface area contributed by atoms with Crippen molar-refractivity contribution in [3.63, 3.8) is 0 Å². The Kier molecular flexibility index (Phi) is 3.73. The lowest BCUT2D eigenvalue weighted by atomic mass is 9.78. The van der Waals surface area contributed by atoms with Gasteiger partial charge in [0.05, 0.1) is 0 Å². The van der Waals surface area contributed by atoms with Crippen LogP contribution >= 0.6 is 0 Å². The van der Waals surface area contributed by atoms with Gasteiger partial charge in [-0.25, -0.2) is 0 Å². The maximum Gasteiger partial charge on any atom is 0.160 e. The summed E-state index contributed by atoms with van der Waals surface area (Å²) >= 11 is 0. The lowest BCUT2D eigenvalue weighted by molar-refractivity contribution is 0.101. The van der Waals surface area contributed by atoms with Gasteiger partial charge >= 0.3 is 0 Å². The molecule has 2 aromatic carbocycles. The van der Waals surface area contributed by atoms with E-state index in [-0.39, 0.29) is 16.6 Å². The number of hydrogen-bond acceptors (Lipinski definition) is 1. The summed E-state index contributed by atoms with van der Waals surface area (Å²) in [6.07, 6.45) is 0. The standard InChI is InChI=1S/C20H26O/c1-13(21)16-11-9-14-8-10-15(19(2,3)4)12-17(14)18(16)20(5,6)7/h8-12H,1-7H3. The summed E-state index contributed by atoms with van der Waals surface area (Å²) in [5.41, 5.74) is 3.37. The van der Waals surface area contributed by atoms with Crippen LogP contribution in [-0.2, 0) is 10.8 Å². The van der Waals surface area contributed by atoms with Gasteiger partial charge in [-0.2, -0.15) is 0 Å². The van der Waals surface area contributed by atoms with Crippen LogP contribution in [0, 0.1) is 0 Å². The Labute approximate surface area is 128 Å². The first-order chi connectivity index (χ1) is 9.51. The number of ketones is 1. The highest BCUT2D eigenvalue weighted by molar-refractivity contribution is 6.02. The third-order valence-electron chi connectivity index (χ3n) is 4.02. The third kappa shape index (κ3) is 3.02. The summed E-state index contributed by atoms with van der Waals surface area (Å²) in [7, 11) is 0. The van der Waals surface area contributed by atoms with Crippen LogP contribution in [0.15, 0.2) is 30.3 Å². The number of carbonyl (C=O) groups is 1. The first kappa shape index (κ1) is 15.8. The van der Waals surface area contributed by atoms with Gasteiger partial charge in [-0.05, 0) is 39.7 Å². The maximum atomic E-state index is 12.0. The molecule has 21 heavy (non-hydrogen) atoms. The number of benzene rings is 2. The molecule has 2 rings (SSSR count). The van der Waals surface area contributed by atoms with Crippen molar-refractivity contribution in [1.29, 1.82) is 0 Å². The van der Waals surface area contributed by atoms with E-state index in [4.69, 9.17) is 0 Å². The fraction of sp³-hybridized carbons (Fsp3) is 0.450. The minimum atomic E-state index is -0.0585. The lowest BCUT2D eigenvalue weighted by Crippen LogP contribution is -2.17. The zero-order chi connectivity index (χ0) is 16.0. The highest BCUT2D eigenvalue weighted by Gasteiger charge is 2.24. The molecule has 0 unspecified atom stereocenters. The molecule has 0 saturated carbocycles. The summed E-state index contributed by atoms with van der Waals surface area (Å²) in [6.45, 7) is 14.9. The average Bonchev–Trinajstić information content (AvgIpc) is 2.34. The summed E-state index contributed by atoms with van der Waals surface area (Å²) in [4.78, 5) is 12.0. The number of carbonyl (C=O) groups excluding carboxylic acids is 1. The van der Waals surface area contributed by atoms with Crippen molar-refractivity contribution in [3.05, 3.63) is 47.0 Å². The molecule has 0 aliphatic heterocycles. The van der Waals surface area contributed by atoms with Gasteiger partial charge in [0, 0.05) is 5.56 Å². The minimum Gasteiger partial charge on any atom is -0.295 e. The van der Waals surface area contributed by atoms with Gasteiger partial charge < -0.3 is 0 Å². The van der Waals surface area contributed by atoms with Gasteiger partial charge in [0.25, 0.3) is 0 Å². The fourth-order valence-electron chi connectivity index (χ4n) is 2.89. The van der Waals surface area contributed by atoms with Gasteiger partial charge in [-0.3, -0.25) is 4.79 Å². The van der Waals surface area contributed by atoms with Crippen molar-refractivity contribution in [1.82, 2.24) is 0 Å². The Hall–Kier alpha value is -1.63.